The highest BCUT2D eigenvalue weighted by Gasteiger charge is 2.20. The van der Waals surface area contributed by atoms with Crippen molar-refractivity contribution < 1.29 is 4.74 Å². The molecule has 0 aliphatic carbocycles. The molecule has 0 bridgehead atoms. The van der Waals surface area contributed by atoms with E-state index in [-0.39, 0.29) is 5.92 Å². The first-order chi connectivity index (χ1) is 10.3. The van der Waals surface area contributed by atoms with E-state index in [9.17, 15) is 0 Å². The van der Waals surface area contributed by atoms with Crippen LogP contribution in [0.3, 0.4) is 0 Å². The Morgan fingerprint density at radius 1 is 1.19 bits per heavy atom. The molecule has 2 heterocycles. The Balaban J connectivity index is 2.31. The van der Waals surface area contributed by atoms with Crippen molar-refractivity contribution in [1.29, 1.82) is 0 Å². The second-order valence-corrected chi connectivity index (χ2v) is 5.11. The number of ether oxygens (including phenoxy) is 1. The van der Waals surface area contributed by atoms with Crippen molar-refractivity contribution in [2.45, 2.75) is 12.8 Å². The molecule has 108 valence electrons. The average Bonchev–Trinajstić information content (AvgIpc) is 2.93. The molecule has 3 rings (SSSR count). The fourth-order valence-electron chi connectivity index (χ4n) is 2.64. The first-order valence-corrected chi connectivity index (χ1v) is 7.06. The molecule has 1 aromatic carbocycles. The third-order valence-corrected chi connectivity index (χ3v) is 3.75. The van der Waals surface area contributed by atoms with Crippen molar-refractivity contribution in [3.8, 4) is 17.0 Å². The lowest BCUT2D eigenvalue weighted by Gasteiger charge is -2.13. The van der Waals surface area contributed by atoms with E-state index in [1.54, 1.807) is 7.11 Å². The monoisotopic (exact) mass is 281 g/mol. The first-order valence-electron chi connectivity index (χ1n) is 7.06. The van der Waals surface area contributed by atoms with E-state index in [4.69, 9.17) is 15.5 Å². The lowest BCUT2D eigenvalue weighted by molar-refractivity contribution is 0.416. The Morgan fingerprint density at radius 2 is 1.95 bits per heavy atom. The summed E-state index contributed by atoms with van der Waals surface area (Å²) in [6.07, 6.45) is 2.03. The van der Waals surface area contributed by atoms with Crippen LogP contribution in [0.25, 0.3) is 16.9 Å². The molecule has 3 aromatic rings. The Bertz CT molecular complexity index is 764. The molecule has 21 heavy (non-hydrogen) atoms. The molecule has 0 fully saturated rings. The van der Waals surface area contributed by atoms with Crippen LogP contribution in [0, 0.1) is 0 Å². The number of benzene rings is 1. The summed E-state index contributed by atoms with van der Waals surface area (Å²) in [5.41, 5.74) is 9.89. The summed E-state index contributed by atoms with van der Waals surface area (Å²) in [4.78, 5) is 4.79. The van der Waals surface area contributed by atoms with Crippen LogP contribution >= 0.6 is 0 Å². The van der Waals surface area contributed by atoms with Crippen LogP contribution in [-0.4, -0.2) is 23.0 Å². The lowest BCUT2D eigenvalue weighted by Crippen LogP contribution is -2.12. The van der Waals surface area contributed by atoms with E-state index in [1.807, 2.05) is 48.7 Å². The van der Waals surface area contributed by atoms with Crippen LogP contribution in [-0.2, 0) is 0 Å². The number of pyridine rings is 1. The number of imidazole rings is 1. The van der Waals surface area contributed by atoms with Crippen LogP contribution in [0.1, 0.15) is 18.5 Å². The number of hydrogen-bond acceptors (Lipinski definition) is 3. The predicted octanol–water partition coefficient (Wildman–Crippen LogP) is 3.07. The maximum Gasteiger partial charge on any atom is 0.137 e. The SMILES string of the molecule is COc1ccccc1-c1nc2ccccn2c1C(C)CN. The van der Waals surface area contributed by atoms with Crippen molar-refractivity contribution >= 4 is 5.65 Å². The Kier molecular flexibility index (Phi) is 3.62. The molecule has 0 aliphatic heterocycles. The maximum absolute atomic E-state index is 5.90. The second kappa shape index (κ2) is 5.58. The summed E-state index contributed by atoms with van der Waals surface area (Å²) in [5, 5.41) is 0. The highest BCUT2D eigenvalue weighted by Crippen LogP contribution is 2.35. The third-order valence-electron chi connectivity index (χ3n) is 3.75. The summed E-state index contributed by atoms with van der Waals surface area (Å²) in [7, 11) is 1.68. The van der Waals surface area contributed by atoms with Gasteiger partial charge in [0.2, 0.25) is 0 Å². The van der Waals surface area contributed by atoms with Crippen LogP contribution in [0.15, 0.2) is 48.7 Å². The van der Waals surface area contributed by atoms with Gasteiger partial charge in [0.15, 0.2) is 0 Å². The molecule has 1 unspecified atom stereocenters. The minimum Gasteiger partial charge on any atom is -0.496 e. The number of hydrogen-bond donors (Lipinski definition) is 1. The maximum atomic E-state index is 5.90. The van der Waals surface area contributed by atoms with Crippen LogP contribution in [0.2, 0.25) is 0 Å². The summed E-state index contributed by atoms with van der Waals surface area (Å²) in [5.74, 6) is 1.04. The van der Waals surface area contributed by atoms with E-state index >= 15 is 0 Å². The van der Waals surface area contributed by atoms with Crippen LogP contribution < -0.4 is 10.5 Å². The van der Waals surface area contributed by atoms with Gasteiger partial charge < -0.3 is 14.9 Å². The van der Waals surface area contributed by atoms with Crippen molar-refractivity contribution in [3.63, 3.8) is 0 Å². The number of aromatic nitrogens is 2. The van der Waals surface area contributed by atoms with E-state index < -0.39 is 0 Å². The molecule has 2 N–H and O–H groups in total. The van der Waals surface area contributed by atoms with Gasteiger partial charge in [-0.15, -0.1) is 0 Å². The number of methoxy groups -OCH3 is 1. The van der Waals surface area contributed by atoms with Gasteiger partial charge >= 0.3 is 0 Å². The zero-order valence-corrected chi connectivity index (χ0v) is 12.3. The number of rotatable bonds is 4. The normalized spacial score (nSPS) is 12.5. The number of nitrogens with zero attached hydrogens (tertiary/aromatic N) is 2. The molecule has 4 nitrogen and oxygen atoms in total. The van der Waals surface area contributed by atoms with Gasteiger partial charge in [-0.05, 0) is 24.3 Å². The third kappa shape index (κ3) is 2.28. The average molecular weight is 281 g/mol. The molecule has 4 heteroatoms. The van der Waals surface area contributed by atoms with Crippen LogP contribution in [0.4, 0.5) is 0 Å². The van der Waals surface area contributed by atoms with Crippen molar-refractivity contribution in [1.82, 2.24) is 9.38 Å². The molecular weight excluding hydrogens is 262 g/mol. The molecule has 0 saturated carbocycles. The van der Waals surface area contributed by atoms with E-state index in [1.165, 1.54) is 0 Å². The molecule has 1 atom stereocenters. The molecule has 0 aliphatic rings. The summed E-state index contributed by atoms with van der Waals surface area (Å²) in [6.45, 7) is 2.69. The lowest BCUT2D eigenvalue weighted by atomic mass is 10.0. The Morgan fingerprint density at radius 3 is 2.71 bits per heavy atom. The Labute approximate surface area is 124 Å². The summed E-state index contributed by atoms with van der Waals surface area (Å²) in [6, 6.07) is 14.0. The smallest absolute Gasteiger partial charge is 0.137 e. The van der Waals surface area contributed by atoms with Gasteiger partial charge in [-0.25, -0.2) is 4.98 Å². The van der Waals surface area contributed by atoms with Gasteiger partial charge in [0.05, 0.1) is 18.5 Å². The molecule has 0 radical (unpaired) electrons. The summed E-state index contributed by atoms with van der Waals surface area (Å²) >= 11 is 0. The second-order valence-electron chi connectivity index (χ2n) is 5.11. The van der Waals surface area contributed by atoms with Crippen molar-refractivity contribution in [2.24, 2.45) is 5.73 Å². The molecule has 0 amide bonds. The minimum atomic E-state index is 0.210. The van der Waals surface area contributed by atoms with Gasteiger partial charge in [-0.3, -0.25) is 0 Å². The standard InChI is InChI=1S/C17H19N3O/c1-12(11-18)17-16(13-7-3-4-8-14(13)21-2)19-15-9-5-6-10-20(15)17/h3-10,12H,11,18H2,1-2H3. The Hall–Kier alpha value is -2.33. The largest absolute Gasteiger partial charge is 0.496 e. The van der Waals surface area contributed by atoms with Gasteiger partial charge in [0.1, 0.15) is 11.4 Å². The fraction of sp³-hybridized carbons (Fsp3) is 0.235. The van der Waals surface area contributed by atoms with E-state index in [2.05, 4.69) is 11.3 Å². The zero-order valence-electron chi connectivity index (χ0n) is 12.3. The van der Waals surface area contributed by atoms with E-state index in [0.29, 0.717) is 6.54 Å². The van der Waals surface area contributed by atoms with Gasteiger partial charge in [0.25, 0.3) is 0 Å². The van der Waals surface area contributed by atoms with Gasteiger partial charge in [-0.2, -0.15) is 0 Å². The van der Waals surface area contributed by atoms with E-state index in [0.717, 1.165) is 28.3 Å². The molecule has 0 saturated heterocycles. The number of fused-ring (bicyclic) bond motifs is 1. The van der Waals surface area contributed by atoms with Gasteiger partial charge in [-0.1, -0.05) is 25.1 Å². The first kappa shape index (κ1) is 13.6. The molecule has 2 aromatic heterocycles. The quantitative estimate of drug-likeness (QED) is 0.799. The van der Waals surface area contributed by atoms with Gasteiger partial charge in [0, 0.05) is 24.2 Å². The highest BCUT2D eigenvalue weighted by atomic mass is 16.5. The fourth-order valence-corrected chi connectivity index (χ4v) is 2.64. The topological polar surface area (TPSA) is 52.5 Å². The number of para-hydroxylation sites is 1. The highest BCUT2D eigenvalue weighted by molar-refractivity contribution is 5.72. The molecular formula is C17H19N3O. The predicted molar refractivity (Wildman–Crippen MR) is 84.6 cm³/mol. The van der Waals surface area contributed by atoms with Crippen molar-refractivity contribution in [2.75, 3.05) is 13.7 Å². The zero-order chi connectivity index (χ0) is 14.8. The number of nitrogens with two attached hydrogens (primary N) is 1. The molecule has 0 spiro atoms. The van der Waals surface area contributed by atoms with Crippen molar-refractivity contribution in [3.05, 3.63) is 54.4 Å². The summed E-state index contributed by atoms with van der Waals surface area (Å²) < 4.78 is 7.59. The minimum absolute atomic E-state index is 0.210. The van der Waals surface area contributed by atoms with Crippen LogP contribution in [0.5, 0.6) is 5.75 Å².